The van der Waals surface area contributed by atoms with Crippen LogP contribution in [-0.2, 0) is 0 Å². The maximum atomic E-state index is 5.78. The molecular weight excluding hydrogens is 282 g/mol. The maximum Gasteiger partial charge on any atom is 0.137 e. The highest BCUT2D eigenvalue weighted by Gasteiger charge is 2.20. The number of amidine groups is 1. The molecule has 0 radical (unpaired) electrons. The number of nitrogens with zero attached hydrogens (tertiary/aromatic N) is 1. The van der Waals surface area contributed by atoms with Gasteiger partial charge in [0.2, 0.25) is 0 Å². The molecule has 0 unspecified atom stereocenters. The van der Waals surface area contributed by atoms with E-state index in [1.54, 1.807) is 0 Å². The van der Waals surface area contributed by atoms with E-state index >= 15 is 0 Å². The van der Waals surface area contributed by atoms with Crippen LogP contribution in [0.25, 0.3) is 5.70 Å². The van der Waals surface area contributed by atoms with E-state index in [4.69, 9.17) is 5.73 Å². The Labute approximate surface area is 139 Å². The Kier molecular flexibility index (Phi) is 5.43. The lowest BCUT2D eigenvalue weighted by Gasteiger charge is -2.10. The summed E-state index contributed by atoms with van der Waals surface area (Å²) in [4.78, 5) is 4.68. The van der Waals surface area contributed by atoms with Gasteiger partial charge in [-0.2, -0.15) is 0 Å². The molecule has 3 heteroatoms. The van der Waals surface area contributed by atoms with Crippen molar-refractivity contribution in [2.75, 3.05) is 5.73 Å². The van der Waals surface area contributed by atoms with Gasteiger partial charge in [-0.05, 0) is 50.0 Å². The molecule has 0 amide bonds. The molecule has 0 spiro atoms. The first kappa shape index (κ1) is 17.1. The summed E-state index contributed by atoms with van der Waals surface area (Å²) in [6.45, 7) is 10.8. The summed E-state index contributed by atoms with van der Waals surface area (Å²) >= 11 is 0. The van der Waals surface area contributed by atoms with E-state index in [0.717, 1.165) is 29.2 Å². The van der Waals surface area contributed by atoms with E-state index < -0.39 is 0 Å². The van der Waals surface area contributed by atoms with Crippen molar-refractivity contribution in [3.8, 4) is 0 Å². The van der Waals surface area contributed by atoms with Crippen molar-refractivity contribution >= 4 is 17.2 Å². The molecular formula is C20H27N3. The maximum absolute atomic E-state index is 5.78. The quantitative estimate of drug-likeness (QED) is 0.777. The van der Waals surface area contributed by atoms with Crippen LogP contribution < -0.4 is 11.1 Å². The number of allylic oxidation sites excluding steroid dienone is 2. The van der Waals surface area contributed by atoms with Crippen LogP contribution >= 0.6 is 0 Å². The first-order valence-corrected chi connectivity index (χ1v) is 8.21. The van der Waals surface area contributed by atoms with E-state index in [-0.39, 0.29) is 0 Å². The Hall–Kier alpha value is -2.29. The molecule has 23 heavy (non-hydrogen) atoms. The Morgan fingerprint density at radius 2 is 1.87 bits per heavy atom. The number of hydrogen-bond acceptors (Lipinski definition) is 2. The zero-order chi connectivity index (χ0) is 17.0. The normalized spacial score (nSPS) is 19.1. The molecule has 1 aromatic carbocycles. The molecule has 1 aliphatic rings. The molecule has 0 bridgehead atoms. The molecule has 122 valence electrons. The van der Waals surface area contributed by atoms with Gasteiger partial charge in [0.15, 0.2) is 0 Å². The Bertz CT molecular complexity index is 686. The second-order valence-electron chi connectivity index (χ2n) is 6.36. The van der Waals surface area contributed by atoms with Gasteiger partial charge in [0.25, 0.3) is 0 Å². The summed E-state index contributed by atoms with van der Waals surface area (Å²) < 4.78 is 0. The first-order valence-electron chi connectivity index (χ1n) is 8.21. The van der Waals surface area contributed by atoms with E-state index in [9.17, 15) is 0 Å². The highest BCUT2D eigenvalue weighted by Crippen LogP contribution is 2.26. The fourth-order valence-electron chi connectivity index (χ4n) is 2.24. The van der Waals surface area contributed by atoms with Crippen molar-refractivity contribution < 1.29 is 0 Å². The predicted octanol–water partition coefficient (Wildman–Crippen LogP) is 4.90. The van der Waals surface area contributed by atoms with Gasteiger partial charge in [0.1, 0.15) is 5.84 Å². The average molecular weight is 309 g/mol. The number of nitrogen functional groups attached to an aromatic ring is 1. The van der Waals surface area contributed by atoms with Gasteiger partial charge < -0.3 is 11.1 Å². The summed E-state index contributed by atoms with van der Waals surface area (Å²) in [6.07, 6.45) is 5.15. The Morgan fingerprint density at radius 3 is 2.43 bits per heavy atom. The minimum Gasteiger partial charge on any atom is -0.399 e. The molecule has 1 aromatic rings. The lowest BCUT2D eigenvalue weighted by Crippen LogP contribution is -2.17. The number of nitrogens with two attached hydrogens (primary N) is 1. The molecule has 3 N–H and O–H groups in total. The van der Waals surface area contributed by atoms with E-state index in [2.05, 4.69) is 51.0 Å². The number of anilines is 1. The number of benzene rings is 1. The van der Waals surface area contributed by atoms with Gasteiger partial charge in [0.05, 0.1) is 0 Å². The summed E-state index contributed by atoms with van der Waals surface area (Å²) in [6, 6.07) is 7.92. The Balaban J connectivity index is 2.43. The molecule has 2 rings (SSSR count). The number of rotatable bonds is 4. The van der Waals surface area contributed by atoms with Gasteiger partial charge in [-0.1, -0.05) is 44.1 Å². The van der Waals surface area contributed by atoms with Crippen LogP contribution in [0.15, 0.2) is 58.3 Å². The molecule has 1 heterocycles. The van der Waals surface area contributed by atoms with Crippen molar-refractivity contribution in [3.63, 3.8) is 0 Å². The van der Waals surface area contributed by atoms with Gasteiger partial charge in [-0.25, -0.2) is 4.99 Å². The van der Waals surface area contributed by atoms with Crippen LogP contribution in [0.3, 0.4) is 0 Å². The highest BCUT2D eigenvalue weighted by atomic mass is 15.0. The summed E-state index contributed by atoms with van der Waals surface area (Å²) in [7, 11) is 0. The summed E-state index contributed by atoms with van der Waals surface area (Å²) in [5, 5.41) is 3.46. The number of nitrogens with one attached hydrogen (secondary N) is 1. The molecule has 1 aliphatic heterocycles. The van der Waals surface area contributed by atoms with E-state index in [0.29, 0.717) is 5.92 Å². The minimum absolute atomic E-state index is 0.482. The van der Waals surface area contributed by atoms with Crippen molar-refractivity contribution in [3.05, 3.63) is 58.8 Å². The van der Waals surface area contributed by atoms with Gasteiger partial charge >= 0.3 is 0 Å². The second-order valence-corrected chi connectivity index (χ2v) is 6.36. The number of hydrogen-bond donors (Lipinski definition) is 2. The van der Waals surface area contributed by atoms with Crippen molar-refractivity contribution in [2.45, 2.75) is 41.0 Å². The lowest BCUT2D eigenvalue weighted by atomic mass is 9.98. The Morgan fingerprint density at radius 1 is 1.22 bits per heavy atom. The highest BCUT2D eigenvalue weighted by molar-refractivity contribution is 6.11. The molecule has 0 fully saturated rings. The van der Waals surface area contributed by atoms with Crippen molar-refractivity contribution in [1.29, 1.82) is 0 Å². The fraction of sp³-hybridized carbons (Fsp3) is 0.350. The predicted molar refractivity (Wildman–Crippen MR) is 101 cm³/mol. The van der Waals surface area contributed by atoms with Crippen LogP contribution in [0.1, 0.15) is 46.6 Å². The SMILES string of the molecule is CC/C(C)=C/N=C1/NC(c2ccc(N)cc2)=C/C1=C(/C)C(C)C. The molecule has 0 aromatic heterocycles. The van der Waals surface area contributed by atoms with Crippen LogP contribution in [-0.4, -0.2) is 5.84 Å². The first-order chi connectivity index (χ1) is 10.9. The van der Waals surface area contributed by atoms with Gasteiger partial charge in [0, 0.05) is 23.2 Å². The third kappa shape index (κ3) is 4.13. The van der Waals surface area contributed by atoms with E-state index in [1.807, 2.05) is 30.5 Å². The van der Waals surface area contributed by atoms with Crippen LogP contribution in [0, 0.1) is 5.92 Å². The third-order valence-corrected chi connectivity index (χ3v) is 4.28. The van der Waals surface area contributed by atoms with E-state index in [1.165, 1.54) is 16.7 Å². The number of aliphatic imine (C=N–C) groups is 1. The topological polar surface area (TPSA) is 50.4 Å². The molecule has 0 aliphatic carbocycles. The zero-order valence-corrected chi connectivity index (χ0v) is 14.8. The van der Waals surface area contributed by atoms with Gasteiger partial charge in [-0.3, -0.25) is 0 Å². The molecule has 0 saturated heterocycles. The standard InChI is InChI=1S/C20H27N3/c1-6-14(4)12-22-20-18(15(5)13(2)3)11-19(23-20)16-7-9-17(21)10-8-16/h7-13H,6,21H2,1-5H3,(H,22,23)/b14-12+,18-15+. The lowest BCUT2D eigenvalue weighted by molar-refractivity contribution is 0.766. The molecule has 0 saturated carbocycles. The van der Waals surface area contributed by atoms with Crippen LogP contribution in [0.4, 0.5) is 5.69 Å². The monoisotopic (exact) mass is 309 g/mol. The largest absolute Gasteiger partial charge is 0.399 e. The summed E-state index contributed by atoms with van der Waals surface area (Å²) in [5.74, 6) is 1.41. The molecule has 3 nitrogen and oxygen atoms in total. The van der Waals surface area contributed by atoms with Crippen LogP contribution in [0.5, 0.6) is 0 Å². The molecule has 0 atom stereocenters. The van der Waals surface area contributed by atoms with Crippen LogP contribution in [0.2, 0.25) is 0 Å². The fourth-order valence-corrected chi connectivity index (χ4v) is 2.24. The van der Waals surface area contributed by atoms with Crippen molar-refractivity contribution in [1.82, 2.24) is 5.32 Å². The smallest absolute Gasteiger partial charge is 0.137 e. The summed E-state index contributed by atoms with van der Waals surface area (Å²) in [5.41, 5.74) is 12.5. The average Bonchev–Trinajstić information content (AvgIpc) is 2.96. The van der Waals surface area contributed by atoms with Gasteiger partial charge in [-0.15, -0.1) is 0 Å². The third-order valence-electron chi connectivity index (χ3n) is 4.28. The zero-order valence-electron chi connectivity index (χ0n) is 14.8. The minimum atomic E-state index is 0.482. The second kappa shape index (κ2) is 7.32. The van der Waals surface area contributed by atoms with Crippen molar-refractivity contribution in [2.24, 2.45) is 10.9 Å².